The van der Waals surface area contributed by atoms with Crippen molar-refractivity contribution in [2.24, 2.45) is 5.41 Å². The number of nitrogens with one attached hydrogen (secondary N) is 1. The Labute approximate surface area is 127 Å². The van der Waals surface area contributed by atoms with Crippen LogP contribution in [0.3, 0.4) is 0 Å². The summed E-state index contributed by atoms with van der Waals surface area (Å²) in [5, 5.41) is 3.34. The van der Waals surface area contributed by atoms with Gasteiger partial charge in [0.05, 0.1) is 12.5 Å². The molecule has 4 nitrogen and oxygen atoms in total. The van der Waals surface area contributed by atoms with Gasteiger partial charge in [0.25, 0.3) is 0 Å². The van der Waals surface area contributed by atoms with Crippen molar-refractivity contribution in [3.63, 3.8) is 0 Å². The molecule has 116 valence electrons. The summed E-state index contributed by atoms with van der Waals surface area (Å²) in [6.45, 7) is 7.33. The molecule has 0 aromatic heterocycles. The summed E-state index contributed by atoms with van der Waals surface area (Å²) in [6, 6.07) is 7.95. The van der Waals surface area contributed by atoms with Crippen LogP contribution in [0.5, 0.6) is 5.75 Å². The summed E-state index contributed by atoms with van der Waals surface area (Å²) in [5.41, 5.74) is 0.936. The van der Waals surface area contributed by atoms with Gasteiger partial charge in [-0.15, -0.1) is 0 Å². The number of carbonyl (C=O) groups is 1. The minimum absolute atomic E-state index is 0.206. The molecule has 1 fully saturated rings. The molecule has 2 rings (SSSR count). The summed E-state index contributed by atoms with van der Waals surface area (Å²) in [5.74, 6) is 1.13. The molecule has 1 amide bonds. The summed E-state index contributed by atoms with van der Waals surface area (Å²) in [4.78, 5) is 14.9. The summed E-state index contributed by atoms with van der Waals surface area (Å²) >= 11 is 0. The molecule has 1 atom stereocenters. The minimum Gasteiger partial charge on any atom is -0.497 e. The van der Waals surface area contributed by atoms with E-state index in [0.29, 0.717) is 6.54 Å². The SMILES string of the molecule is CCN(Cc1ccc(OC)cc1)C(=O)C1(CC)CCNC1. The molecule has 0 aliphatic carbocycles. The van der Waals surface area contributed by atoms with Gasteiger partial charge < -0.3 is 15.0 Å². The van der Waals surface area contributed by atoms with Crippen molar-refractivity contribution in [2.75, 3.05) is 26.7 Å². The lowest BCUT2D eigenvalue weighted by Crippen LogP contribution is -2.44. The van der Waals surface area contributed by atoms with Gasteiger partial charge in [0.1, 0.15) is 5.75 Å². The van der Waals surface area contributed by atoms with E-state index in [-0.39, 0.29) is 11.3 Å². The van der Waals surface area contributed by atoms with Crippen LogP contribution in [0.2, 0.25) is 0 Å². The van der Waals surface area contributed by atoms with Gasteiger partial charge in [-0.1, -0.05) is 19.1 Å². The number of hydrogen-bond acceptors (Lipinski definition) is 3. The van der Waals surface area contributed by atoms with E-state index in [2.05, 4.69) is 12.2 Å². The van der Waals surface area contributed by atoms with Crippen molar-refractivity contribution in [1.29, 1.82) is 0 Å². The fraction of sp³-hybridized carbons (Fsp3) is 0.588. The van der Waals surface area contributed by atoms with Gasteiger partial charge in [0, 0.05) is 19.6 Å². The first kappa shape index (κ1) is 15.8. The molecule has 4 heteroatoms. The molecule has 1 saturated heterocycles. The Balaban J connectivity index is 2.09. The highest BCUT2D eigenvalue weighted by atomic mass is 16.5. The molecule has 21 heavy (non-hydrogen) atoms. The van der Waals surface area contributed by atoms with Crippen molar-refractivity contribution in [2.45, 2.75) is 33.2 Å². The normalized spacial score (nSPS) is 21.3. The number of hydrogen-bond donors (Lipinski definition) is 1. The number of carbonyl (C=O) groups excluding carboxylic acids is 1. The van der Waals surface area contributed by atoms with Gasteiger partial charge in [-0.3, -0.25) is 4.79 Å². The fourth-order valence-corrected chi connectivity index (χ4v) is 2.99. The highest BCUT2D eigenvalue weighted by molar-refractivity contribution is 5.83. The first-order valence-electron chi connectivity index (χ1n) is 7.78. The third kappa shape index (κ3) is 3.38. The average Bonchev–Trinajstić information content (AvgIpc) is 3.02. The lowest BCUT2D eigenvalue weighted by atomic mass is 9.82. The van der Waals surface area contributed by atoms with Gasteiger partial charge in [-0.05, 0) is 44.0 Å². The number of nitrogens with zero attached hydrogens (tertiary/aromatic N) is 1. The number of benzene rings is 1. The standard InChI is InChI=1S/C17H26N2O2/c1-4-17(10-11-18-13-17)16(20)19(5-2)12-14-6-8-15(21-3)9-7-14/h6-9,18H,4-5,10-13H2,1-3H3. The number of amides is 1. The van der Waals surface area contributed by atoms with Crippen LogP contribution >= 0.6 is 0 Å². The second kappa shape index (κ2) is 6.94. The minimum atomic E-state index is -0.206. The van der Waals surface area contributed by atoms with Gasteiger partial charge in [-0.25, -0.2) is 0 Å². The van der Waals surface area contributed by atoms with Gasteiger partial charge in [-0.2, -0.15) is 0 Å². The van der Waals surface area contributed by atoms with Crippen molar-refractivity contribution in [3.05, 3.63) is 29.8 Å². The first-order valence-corrected chi connectivity index (χ1v) is 7.78. The molecule has 1 unspecified atom stereocenters. The maximum atomic E-state index is 12.9. The summed E-state index contributed by atoms with van der Waals surface area (Å²) < 4.78 is 5.17. The Morgan fingerprint density at radius 1 is 1.33 bits per heavy atom. The van der Waals surface area contributed by atoms with Crippen molar-refractivity contribution < 1.29 is 9.53 Å². The average molecular weight is 290 g/mol. The van der Waals surface area contributed by atoms with Crippen LogP contribution in [0, 0.1) is 5.41 Å². The predicted octanol–water partition coefficient (Wildman–Crippen LogP) is 2.43. The van der Waals surface area contributed by atoms with E-state index >= 15 is 0 Å². The van der Waals surface area contributed by atoms with E-state index in [1.54, 1.807) is 7.11 Å². The van der Waals surface area contributed by atoms with Crippen LogP contribution in [-0.4, -0.2) is 37.6 Å². The van der Waals surface area contributed by atoms with E-state index in [0.717, 1.165) is 43.8 Å². The molecule has 1 N–H and O–H groups in total. The number of ether oxygens (including phenoxy) is 1. The third-order valence-electron chi connectivity index (χ3n) is 4.58. The molecular formula is C17H26N2O2. The van der Waals surface area contributed by atoms with Crippen LogP contribution in [0.1, 0.15) is 32.3 Å². The zero-order chi connectivity index (χ0) is 15.3. The van der Waals surface area contributed by atoms with Gasteiger partial charge in [0.15, 0.2) is 0 Å². The predicted molar refractivity (Wildman–Crippen MR) is 84.3 cm³/mol. The summed E-state index contributed by atoms with van der Waals surface area (Å²) in [6.07, 6.45) is 1.85. The summed E-state index contributed by atoms with van der Waals surface area (Å²) in [7, 11) is 1.66. The Morgan fingerprint density at radius 3 is 2.52 bits per heavy atom. The van der Waals surface area contributed by atoms with Gasteiger partial charge >= 0.3 is 0 Å². The monoisotopic (exact) mass is 290 g/mol. The van der Waals surface area contributed by atoms with E-state index in [9.17, 15) is 4.79 Å². The van der Waals surface area contributed by atoms with Crippen molar-refractivity contribution >= 4 is 5.91 Å². The van der Waals surface area contributed by atoms with E-state index in [1.165, 1.54) is 0 Å². The van der Waals surface area contributed by atoms with Crippen molar-refractivity contribution in [3.8, 4) is 5.75 Å². The number of methoxy groups -OCH3 is 1. The second-order valence-electron chi connectivity index (χ2n) is 5.73. The second-order valence-corrected chi connectivity index (χ2v) is 5.73. The zero-order valence-electron chi connectivity index (χ0n) is 13.3. The van der Waals surface area contributed by atoms with Crippen LogP contribution in [0.4, 0.5) is 0 Å². The van der Waals surface area contributed by atoms with Crippen LogP contribution < -0.4 is 10.1 Å². The Kier molecular flexibility index (Phi) is 5.23. The quantitative estimate of drug-likeness (QED) is 0.875. The topological polar surface area (TPSA) is 41.6 Å². The van der Waals surface area contributed by atoms with E-state index in [4.69, 9.17) is 4.74 Å². The molecule has 1 aromatic rings. The molecule has 1 heterocycles. The van der Waals surface area contributed by atoms with Crippen molar-refractivity contribution in [1.82, 2.24) is 10.2 Å². The van der Waals surface area contributed by atoms with Crippen LogP contribution in [0.15, 0.2) is 24.3 Å². The molecule has 0 bridgehead atoms. The molecule has 0 spiro atoms. The van der Waals surface area contributed by atoms with E-state index in [1.807, 2.05) is 36.1 Å². The zero-order valence-corrected chi connectivity index (χ0v) is 13.3. The first-order chi connectivity index (χ1) is 10.1. The molecule has 1 aliphatic heterocycles. The third-order valence-corrected chi connectivity index (χ3v) is 4.58. The van der Waals surface area contributed by atoms with Gasteiger partial charge in [0.2, 0.25) is 5.91 Å². The molecule has 0 radical (unpaired) electrons. The van der Waals surface area contributed by atoms with Crippen LogP contribution in [-0.2, 0) is 11.3 Å². The largest absolute Gasteiger partial charge is 0.497 e. The molecule has 0 saturated carbocycles. The Hall–Kier alpha value is -1.55. The Morgan fingerprint density at radius 2 is 2.05 bits per heavy atom. The van der Waals surface area contributed by atoms with Crippen LogP contribution in [0.25, 0.3) is 0 Å². The maximum Gasteiger partial charge on any atom is 0.230 e. The lowest BCUT2D eigenvalue weighted by molar-refractivity contribution is -0.141. The number of rotatable bonds is 6. The molecule has 1 aliphatic rings. The smallest absolute Gasteiger partial charge is 0.230 e. The highest BCUT2D eigenvalue weighted by Crippen LogP contribution is 2.32. The molecule has 1 aromatic carbocycles. The lowest BCUT2D eigenvalue weighted by Gasteiger charge is -2.32. The maximum absolute atomic E-state index is 12.9. The Bertz CT molecular complexity index is 464. The van der Waals surface area contributed by atoms with E-state index < -0.39 is 0 Å². The molecular weight excluding hydrogens is 264 g/mol. The highest BCUT2D eigenvalue weighted by Gasteiger charge is 2.41. The fourth-order valence-electron chi connectivity index (χ4n) is 2.99.